The number of rotatable bonds is 9. The van der Waals surface area contributed by atoms with Gasteiger partial charge >= 0.3 is 0 Å². The predicted molar refractivity (Wildman–Crippen MR) is 138 cm³/mol. The largest absolute Gasteiger partial charge is 0.494 e. The monoisotopic (exact) mass is 562 g/mol. The van der Waals surface area contributed by atoms with E-state index >= 15 is 0 Å². The number of para-hydroxylation sites is 1. The van der Waals surface area contributed by atoms with Gasteiger partial charge in [0.15, 0.2) is 27.3 Å². The molecule has 2 aliphatic heterocycles. The first-order valence-electron chi connectivity index (χ1n) is 12.6. The highest BCUT2D eigenvalue weighted by atomic mass is 32.2. The minimum Gasteiger partial charge on any atom is -0.494 e. The standard InChI is InChI=1S/C25H31FN6O6S/c1-35-17-10-18(14-31(13-17)25-27-11-16(26)12-28-25)39(33,34)15-22-29-30-24(21-8-5-9-38-21)32(22)23-19(36-2)6-4-7-20(23)37-3/h4,6-7,11-12,17-18,21H,5,8-10,13-15H2,1-3H3/t17-,18+,21+/m0/s1. The van der Waals surface area contributed by atoms with Crippen molar-refractivity contribution in [3.63, 3.8) is 0 Å². The zero-order valence-electron chi connectivity index (χ0n) is 22.0. The highest BCUT2D eigenvalue weighted by Crippen LogP contribution is 2.38. The summed E-state index contributed by atoms with van der Waals surface area (Å²) in [5, 5.41) is 7.89. The van der Waals surface area contributed by atoms with Gasteiger partial charge in [0.1, 0.15) is 29.0 Å². The molecule has 2 saturated heterocycles. The van der Waals surface area contributed by atoms with Crippen molar-refractivity contribution < 1.29 is 31.8 Å². The van der Waals surface area contributed by atoms with Crippen molar-refractivity contribution in [1.29, 1.82) is 0 Å². The average molecular weight is 563 g/mol. The summed E-state index contributed by atoms with van der Waals surface area (Å²) >= 11 is 0. The van der Waals surface area contributed by atoms with Gasteiger partial charge in [0.05, 0.1) is 38.0 Å². The van der Waals surface area contributed by atoms with E-state index in [1.807, 2.05) is 0 Å². The third kappa shape index (κ3) is 5.54. The minimum absolute atomic E-state index is 0.124. The Hall–Kier alpha value is -3.36. The van der Waals surface area contributed by atoms with E-state index in [-0.39, 0.29) is 36.9 Å². The van der Waals surface area contributed by atoms with Crippen LogP contribution in [0.1, 0.15) is 37.0 Å². The Morgan fingerprint density at radius 2 is 1.79 bits per heavy atom. The molecule has 0 N–H and O–H groups in total. The Morgan fingerprint density at radius 3 is 2.41 bits per heavy atom. The number of hydrogen-bond acceptors (Lipinski definition) is 11. The number of hydrogen-bond donors (Lipinski definition) is 0. The summed E-state index contributed by atoms with van der Waals surface area (Å²) in [6, 6.07) is 5.31. The third-order valence-electron chi connectivity index (χ3n) is 7.03. The molecule has 0 unspecified atom stereocenters. The molecule has 2 aliphatic rings. The number of anilines is 1. The van der Waals surface area contributed by atoms with Crippen molar-refractivity contribution in [3.05, 3.63) is 48.1 Å². The van der Waals surface area contributed by atoms with E-state index < -0.39 is 26.7 Å². The Morgan fingerprint density at radius 1 is 1.08 bits per heavy atom. The maximum atomic E-state index is 13.9. The normalized spacial score (nSPS) is 21.7. The van der Waals surface area contributed by atoms with Crippen LogP contribution < -0.4 is 14.4 Å². The second kappa shape index (κ2) is 11.4. The molecular formula is C25H31FN6O6S. The molecule has 5 rings (SSSR count). The number of benzene rings is 1. The lowest BCUT2D eigenvalue weighted by Crippen LogP contribution is -2.50. The third-order valence-corrected chi connectivity index (χ3v) is 9.05. The Bertz CT molecular complexity index is 1370. The summed E-state index contributed by atoms with van der Waals surface area (Å²) in [6.07, 6.45) is 3.24. The molecule has 1 aromatic carbocycles. The van der Waals surface area contributed by atoms with Crippen LogP contribution in [0.2, 0.25) is 0 Å². The number of methoxy groups -OCH3 is 3. The number of piperidine rings is 1. The quantitative estimate of drug-likeness (QED) is 0.381. The first kappa shape index (κ1) is 27.2. The average Bonchev–Trinajstić information content (AvgIpc) is 3.62. The van der Waals surface area contributed by atoms with Crippen LogP contribution in [0.5, 0.6) is 11.5 Å². The molecule has 39 heavy (non-hydrogen) atoms. The van der Waals surface area contributed by atoms with E-state index in [0.29, 0.717) is 36.2 Å². The first-order chi connectivity index (χ1) is 18.8. The highest BCUT2D eigenvalue weighted by molar-refractivity contribution is 7.91. The van der Waals surface area contributed by atoms with E-state index in [0.717, 1.165) is 25.2 Å². The summed E-state index contributed by atoms with van der Waals surface area (Å²) in [5.74, 6) is 0.922. The molecule has 3 aromatic rings. The summed E-state index contributed by atoms with van der Waals surface area (Å²) in [7, 11) is 0.787. The Balaban J connectivity index is 1.52. The van der Waals surface area contributed by atoms with Crippen LogP contribution in [-0.4, -0.2) is 85.5 Å². The van der Waals surface area contributed by atoms with Crippen molar-refractivity contribution in [3.8, 4) is 17.2 Å². The molecule has 2 fully saturated rings. The highest BCUT2D eigenvalue weighted by Gasteiger charge is 2.39. The van der Waals surface area contributed by atoms with Gasteiger partial charge in [0.25, 0.3) is 0 Å². The Labute approximate surface area is 226 Å². The number of nitrogens with zero attached hydrogens (tertiary/aromatic N) is 6. The fourth-order valence-corrected chi connectivity index (χ4v) is 6.78. The SMILES string of the molecule is COc1cccc(OC)c1-n1c(CS(=O)(=O)[C@@H]2C[C@H](OC)CN(c3ncc(F)cn3)C2)nnc1[C@H]1CCCO1. The molecule has 3 atom stereocenters. The van der Waals surface area contributed by atoms with Crippen molar-refractivity contribution >= 4 is 15.8 Å². The maximum absolute atomic E-state index is 13.9. The van der Waals surface area contributed by atoms with Crippen molar-refractivity contribution in [2.24, 2.45) is 0 Å². The van der Waals surface area contributed by atoms with Gasteiger partial charge in [-0.25, -0.2) is 22.8 Å². The van der Waals surface area contributed by atoms with E-state index in [4.69, 9.17) is 18.9 Å². The van der Waals surface area contributed by atoms with Gasteiger partial charge in [-0.05, 0) is 31.4 Å². The zero-order valence-corrected chi connectivity index (χ0v) is 22.8. The van der Waals surface area contributed by atoms with E-state index in [1.165, 1.54) is 21.3 Å². The van der Waals surface area contributed by atoms with Crippen LogP contribution in [0, 0.1) is 5.82 Å². The van der Waals surface area contributed by atoms with Gasteiger partial charge in [-0.15, -0.1) is 10.2 Å². The van der Waals surface area contributed by atoms with Gasteiger partial charge in [-0.1, -0.05) is 6.07 Å². The zero-order chi connectivity index (χ0) is 27.6. The molecule has 0 aliphatic carbocycles. The summed E-state index contributed by atoms with van der Waals surface area (Å²) in [4.78, 5) is 9.76. The van der Waals surface area contributed by atoms with Gasteiger partial charge in [0, 0.05) is 26.8 Å². The van der Waals surface area contributed by atoms with Gasteiger partial charge in [-0.2, -0.15) is 0 Å². The second-order valence-electron chi connectivity index (χ2n) is 9.45. The van der Waals surface area contributed by atoms with E-state index in [2.05, 4.69) is 20.2 Å². The second-order valence-corrected chi connectivity index (χ2v) is 11.7. The van der Waals surface area contributed by atoms with Gasteiger partial charge in [-0.3, -0.25) is 4.57 Å². The molecule has 0 bridgehead atoms. The molecule has 0 saturated carbocycles. The number of halogens is 1. The summed E-state index contributed by atoms with van der Waals surface area (Å²) in [5.41, 5.74) is 0.503. The van der Waals surface area contributed by atoms with Crippen LogP contribution in [0.25, 0.3) is 5.69 Å². The van der Waals surface area contributed by atoms with Crippen molar-refractivity contribution in [2.75, 3.05) is 45.9 Å². The number of ether oxygens (including phenoxy) is 4. The van der Waals surface area contributed by atoms with Crippen LogP contribution in [0.3, 0.4) is 0 Å². The summed E-state index contributed by atoms with van der Waals surface area (Å²) in [6.45, 7) is 1.08. The van der Waals surface area contributed by atoms with Crippen LogP contribution in [0.15, 0.2) is 30.6 Å². The maximum Gasteiger partial charge on any atom is 0.225 e. The van der Waals surface area contributed by atoms with Gasteiger partial charge < -0.3 is 23.8 Å². The topological polar surface area (TPSA) is 131 Å². The first-order valence-corrected chi connectivity index (χ1v) is 14.3. The van der Waals surface area contributed by atoms with E-state index in [1.54, 1.807) is 27.7 Å². The van der Waals surface area contributed by atoms with E-state index in [9.17, 15) is 12.8 Å². The number of sulfone groups is 1. The van der Waals surface area contributed by atoms with Crippen LogP contribution in [-0.2, 0) is 25.1 Å². The molecule has 0 radical (unpaired) electrons. The smallest absolute Gasteiger partial charge is 0.225 e. The molecular weight excluding hydrogens is 531 g/mol. The lowest BCUT2D eigenvalue weighted by atomic mass is 10.1. The van der Waals surface area contributed by atoms with Crippen molar-refractivity contribution in [2.45, 2.75) is 42.5 Å². The number of aromatic nitrogens is 5. The molecule has 2 aromatic heterocycles. The van der Waals surface area contributed by atoms with Crippen molar-refractivity contribution in [1.82, 2.24) is 24.7 Å². The molecule has 12 nitrogen and oxygen atoms in total. The minimum atomic E-state index is -3.81. The molecule has 14 heteroatoms. The summed E-state index contributed by atoms with van der Waals surface area (Å²) < 4.78 is 65.6. The Kier molecular flexibility index (Phi) is 7.96. The fraction of sp³-hybridized carbons (Fsp3) is 0.520. The van der Waals surface area contributed by atoms with Crippen LogP contribution in [0.4, 0.5) is 10.3 Å². The van der Waals surface area contributed by atoms with Gasteiger partial charge in [0.2, 0.25) is 5.95 Å². The lowest BCUT2D eigenvalue weighted by Gasteiger charge is -2.36. The fourth-order valence-electron chi connectivity index (χ4n) is 5.08. The predicted octanol–water partition coefficient (Wildman–Crippen LogP) is 2.27. The molecule has 0 amide bonds. The molecule has 4 heterocycles. The molecule has 0 spiro atoms. The molecule has 210 valence electrons. The van der Waals surface area contributed by atoms with Crippen LogP contribution >= 0.6 is 0 Å². The lowest BCUT2D eigenvalue weighted by molar-refractivity contribution is 0.0897.